The number of ether oxygens (including phenoxy) is 2. The Labute approximate surface area is 216 Å². The number of thioether (sulfide) groups is 1. The number of amidine groups is 1. The SMILES string of the molecule is COc1cc(/C=C2/SC(=Nc3ccc(C)cc3)NC2=O)cc(Cl)c1OCC(=O)Nc1ccc(F)cc1. The fraction of sp³-hybridized carbons (Fsp3) is 0.115. The van der Waals surface area contributed by atoms with Crippen LogP contribution < -0.4 is 20.1 Å². The van der Waals surface area contributed by atoms with Crippen LogP contribution in [-0.2, 0) is 9.59 Å². The number of nitrogens with zero attached hydrogens (tertiary/aromatic N) is 1. The van der Waals surface area contributed by atoms with Gasteiger partial charge in [0.1, 0.15) is 5.82 Å². The molecule has 2 amide bonds. The summed E-state index contributed by atoms with van der Waals surface area (Å²) in [6.45, 7) is 1.65. The van der Waals surface area contributed by atoms with Crippen molar-refractivity contribution >= 4 is 57.8 Å². The first kappa shape index (κ1) is 25.3. The minimum atomic E-state index is -0.453. The lowest BCUT2D eigenvalue weighted by atomic mass is 10.2. The lowest BCUT2D eigenvalue weighted by Crippen LogP contribution is -2.20. The van der Waals surface area contributed by atoms with Gasteiger partial charge in [-0.1, -0.05) is 29.3 Å². The number of rotatable bonds is 7. The molecule has 1 heterocycles. The normalized spacial score (nSPS) is 15.2. The first-order chi connectivity index (χ1) is 17.3. The Bertz CT molecular complexity index is 1360. The summed E-state index contributed by atoms with van der Waals surface area (Å²) < 4.78 is 24.0. The molecule has 4 rings (SSSR count). The minimum absolute atomic E-state index is 0.181. The van der Waals surface area contributed by atoms with Crippen molar-refractivity contribution in [1.82, 2.24) is 5.32 Å². The first-order valence-electron chi connectivity index (χ1n) is 10.7. The third kappa shape index (κ3) is 6.44. The van der Waals surface area contributed by atoms with E-state index < -0.39 is 11.7 Å². The quantitative estimate of drug-likeness (QED) is 0.386. The molecular formula is C26H21ClFN3O4S. The van der Waals surface area contributed by atoms with Gasteiger partial charge in [-0.05, 0) is 78.9 Å². The van der Waals surface area contributed by atoms with Crippen molar-refractivity contribution in [2.75, 3.05) is 19.0 Å². The molecule has 3 aromatic carbocycles. The zero-order valence-electron chi connectivity index (χ0n) is 19.3. The smallest absolute Gasteiger partial charge is 0.264 e. The predicted molar refractivity (Wildman–Crippen MR) is 141 cm³/mol. The van der Waals surface area contributed by atoms with Gasteiger partial charge in [0, 0.05) is 5.69 Å². The Hall–Kier alpha value is -3.82. The summed E-state index contributed by atoms with van der Waals surface area (Å²) in [5.41, 5.74) is 2.89. The number of hydrogen-bond acceptors (Lipinski definition) is 6. The van der Waals surface area contributed by atoms with Crippen molar-refractivity contribution in [3.8, 4) is 11.5 Å². The molecule has 7 nitrogen and oxygen atoms in total. The lowest BCUT2D eigenvalue weighted by molar-refractivity contribution is -0.118. The number of halogens is 2. The van der Waals surface area contributed by atoms with E-state index in [-0.39, 0.29) is 23.3 Å². The second-order valence-corrected chi connectivity index (χ2v) is 9.13. The number of anilines is 1. The highest BCUT2D eigenvalue weighted by atomic mass is 35.5. The van der Waals surface area contributed by atoms with Crippen LogP contribution in [0.2, 0.25) is 5.02 Å². The third-order valence-corrected chi connectivity index (χ3v) is 6.13. The highest BCUT2D eigenvalue weighted by molar-refractivity contribution is 8.18. The maximum Gasteiger partial charge on any atom is 0.264 e. The van der Waals surface area contributed by atoms with E-state index in [0.29, 0.717) is 27.1 Å². The van der Waals surface area contributed by atoms with Crippen molar-refractivity contribution in [3.63, 3.8) is 0 Å². The van der Waals surface area contributed by atoms with Crippen molar-refractivity contribution in [2.45, 2.75) is 6.92 Å². The van der Waals surface area contributed by atoms with Crippen molar-refractivity contribution in [1.29, 1.82) is 0 Å². The number of amides is 2. The fourth-order valence-electron chi connectivity index (χ4n) is 3.20. The average Bonchev–Trinajstić information content (AvgIpc) is 3.19. The van der Waals surface area contributed by atoms with Crippen molar-refractivity contribution in [2.24, 2.45) is 4.99 Å². The summed E-state index contributed by atoms with van der Waals surface area (Å²) in [4.78, 5) is 29.6. The Morgan fingerprint density at radius 1 is 1.17 bits per heavy atom. The van der Waals surface area contributed by atoms with Crippen molar-refractivity contribution < 1.29 is 23.5 Å². The lowest BCUT2D eigenvalue weighted by Gasteiger charge is -2.13. The molecule has 0 bridgehead atoms. The Morgan fingerprint density at radius 3 is 2.58 bits per heavy atom. The molecule has 0 radical (unpaired) electrons. The van der Waals surface area contributed by atoms with Gasteiger partial charge >= 0.3 is 0 Å². The summed E-state index contributed by atoms with van der Waals surface area (Å²) in [6, 6.07) is 16.3. The van der Waals surface area contributed by atoms with E-state index in [0.717, 1.165) is 11.3 Å². The topological polar surface area (TPSA) is 89.0 Å². The molecule has 184 valence electrons. The molecule has 1 aliphatic rings. The van der Waals surface area contributed by atoms with Crippen LogP contribution in [0.1, 0.15) is 11.1 Å². The molecule has 36 heavy (non-hydrogen) atoms. The van der Waals surface area contributed by atoms with Crippen LogP contribution in [-0.4, -0.2) is 30.7 Å². The standard InChI is InChI=1S/C26H21ClFN3O4S/c1-15-3-7-19(8-4-15)30-26-31-25(33)22(36-26)13-16-11-20(27)24(21(12-16)34-2)35-14-23(32)29-18-9-5-17(28)6-10-18/h3-13H,14H2,1-2H3,(H,29,32)(H,30,31,33)/b22-13+. The maximum absolute atomic E-state index is 13.0. The summed E-state index contributed by atoms with van der Waals surface area (Å²) in [5.74, 6) is -0.662. The van der Waals surface area contributed by atoms with Crippen LogP contribution in [0.4, 0.5) is 15.8 Å². The van der Waals surface area contributed by atoms with E-state index in [1.807, 2.05) is 31.2 Å². The van der Waals surface area contributed by atoms with Crippen molar-refractivity contribution in [3.05, 3.63) is 87.5 Å². The maximum atomic E-state index is 13.0. The van der Waals surface area contributed by atoms with E-state index in [1.54, 1.807) is 18.2 Å². The highest BCUT2D eigenvalue weighted by Gasteiger charge is 2.24. The highest BCUT2D eigenvalue weighted by Crippen LogP contribution is 2.38. The van der Waals surface area contributed by atoms with Gasteiger partial charge in [-0.3, -0.25) is 9.59 Å². The summed E-state index contributed by atoms with van der Waals surface area (Å²) in [7, 11) is 1.44. The van der Waals surface area contributed by atoms with Gasteiger partial charge in [0.05, 0.1) is 22.7 Å². The molecule has 1 fully saturated rings. The number of methoxy groups -OCH3 is 1. The molecular weight excluding hydrogens is 505 g/mol. The number of aliphatic imine (C=N–C) groups is 1. The monoisotopic (exact) mass is 525 g/mol. The molecule has 3 aromatic rings. The number of carbonyl (C=O) groups is 2. The Balaban J connectivity index is 1.45. The largest absolute Gasteiger partial charge is 0.493 e. The molecule has 2 N–H and O–H groups in total. The third-order valence-electron chi connectivity index (χ3n) is 4.94. The molecule has 0 spiro atoms. The van der Waals surface area contributed by atoms with E-state index >= 15 is 0 Å². The molecule has 0 aromatic heterocycles. The molecule has 0 aliphatic carbocycles. The summed E-state index contributed by atoms with van der Waals surface area (Å²) >= 11 is 7.62. The predicted octanol–water partition coefficient (Wildman–Crippen LogP) is 5.71. The van der Waals surface area contributed by atoms with Gasteiger partial charge in [0.25, 0.3) is 11.8 Å². The fourth-order valence-corrected chi connectivity index (χ4v) is 4.32. The van der Waals surface area contributed by atoms with E-state index in [4.69, 9.17) is 21.1 Å². The first-order valence-corrected chi connectivity index (χ1v) is 11.9. The second-order valence-electron chi connectivity index (χ2n) is 7.70. The van der Waals surface area contributed by atoms with Crippen LogP contribution in [0.15, 0.2) is 70.6 Å². The van der Waals surface area contributed by atoms with Gasteiger partial charge in [0.2, 0.25) is 0 Å². The molecule has 0 unspecified atom stereocenters. The molecule has 0 atom stereocenters. The van der Waals surface area contributed by atoms with Gasteiger partial charge in [-0.15, -0.1) is 0 Å². The minimum Gasteiger partial charge on any atom is -0.493 e. The van der Waals surface area contributed by atoms with Crippen LogP contribution in [0, 0.1) is 12.7 Å². The number of hydrogen-bond donors (Lipinski definition) is 2. The molecule has 1 aliphatic heterocycles. The van der Waals surface area contributed by atoms with Gasteiger partial charge in [-0.2, -0.15) is 0 Å². The Morgan fingerprint density at radius 2 is 1.89 bits per heavy atom. The number of benzene rings is 3. The van der Waals surface area contributed by atoms with Crippen LogP contribution in [0.25, 0.3) is 6.08 Å². The molecule has 10 heteroatoms. The average molecular weight is 526 g/mol. The summed E-state index contributed by atoms with van der Waals surface area (Å²) in [6.07, 6.45) is 1.66. The van der Waals surface area contributed by atoms with Gasteiger partial charge in [0.15, 0.2) is 23.3 Å². The van der Waals surface area contributed by atoms with Crippen LogP contribution in [0.3, 0.4) is 0 Å². The molecule has 1 saturated heterocycles. The van der Waals surface area contributed by atoms with Crippen LogP contribution in [0.5, 0.6) is 11.5 Å². The number of aryl methyl sites for hydroxylation is 1. The van der Waals surface area contributed by atoms with Gasteiger partial charge in [-0.25, -0.2) is 9.38 Å². The molecule has 0 saturated carbocycles. The second kappa shape index (κ2) is 11.3. The van der Waals surface area contributed by atoms with E-state index in [9.17, 15) is 14.0 Å². The van der Waals surface area contributed by atoms with Gasteiger partial charge < -0.3 is 20.1 Å². The summed E-state index contributed by atoms with van der Waals surface area (Å²) in [5, 5.41) is 6.03. The van der Waals surface area contributed by atoms with E-state index in [1.165, 1.54) is 43.1 Å². The zero-order chi connectivity index (χ0) is 25.7. The number of nitrogens with one attached hydrogen (secondary N) is 2. The van der Waals surface area contributed by atoms with Crippen LogP contribution >= 0.6 is 23.4 Å². The number of carbonyl (C=O) groups excluding carboxylic acids is 2. The zero-order valence-corrected chi connectivity index (χ0v) is 20.9. The van der Waals surface area contributed by atoms with E-state index in [2.05, 4.69) is 15.6 Å². The Kier molecular flexibility index (Phi) is 7.92.